The van der Waals surface area contributed by atoms with Gasteiger partial charge in [-0.2, -0.15) is 13.1 Å². The SMILES string of the molecule is Cc1ccc(NC(=O)c2ccc(N3CCCNS3(=O)=O)cc2Cl)cc1-c1nccc2ccccc12. The number of aryl methyl sites for hydroxylation is 1. The quantitative estimate of drug-likeness (QED) is 0.400. The molecule has 4 aromatic rings. The highest BCUT2D eigenvalue weighted by atomic mass is 35.5. The summed E-state index contributed by atoms with van der Waals surface area (Å²) in [7, 11) is -3.61. The Balaban J connectivity index is 1.43. The lowest BCUT2D eigenvalue weighted by atomic mass is 9.99. The number of nitrogens with zero attached hydrogens (tertiary/aromatic N) is 2. The van der Waals surface area contributed by atoms with Crippen molar-refractivity contribution in [2.45, 2.75) is 13.3 Å². The van der Waals surface area contributed by atoms with E-state index in [0.717, 1.165) is 27.6 Å². The standard InChI is InChI=1S/C26H23ClN4O3S/c1-17-7-8-19(15-23(17)25-21-6-3-2-5-18(21)11-13-28-25)30-26(32)22-10-9-20(16-24(22)27)31-14-4-12-29-35(31,33)34/h2-3,5-11,13,15-16,29H,4,12,14H2,1H3,(H,30,32). The molecule has 1 aromatic heterocycles. The van der Waals surface area contributed by atoms with E-state index in [4.69, 9.17) is 11.6 Å². The third-order valence-electron chi connectivity index (χ3n) is 6.02. The smallest absolute Gasteiger partial charge is 0.301 e. The number of benzene rings is 3. The van der Waals surface area contributed by atoms with E-state index < -0.39 is 10.2 Å². The van der Waals surface area contributed by atoms with Crippen LogP contribution in [0, 0.1) is 6.92 Å². The fraction of sp³-hybridized carbons (Fsp3) is 0.154. The molecular weight excluding hydrogens is 484 g/mol. The lowest BCUT2D eigenvalue weighted by molar-refractivity contribution is 0.102. The number of nitrogens with one attached hydrogen (secondary N) is 2. The third kappa shape index (κ3) is 4.60. The minimum absolute atomic E-state index is 0.170. The zero-order chi connectivity index (χ0) is 24.6. The van der Waals surface area contributed by atoms with Crippen LogP contribution in [0.25, 0.3) is 22.0 Å². The van der Waals surface area contributed by atoms with Gasteiger partial charge in [-0.15, -0.1) is 0 Å². The molecule has 5 rings (SSSR count). The van der Waals surface area contributed by atoms with Crippen LogP contribution in [0.15, 0.2) is 72.9 Å². The van der Waals surface area contributed by atoms with Gasteiger partial charge in [0.2, 0.25) is 0 Å². The molecule has 1 fully saturated rings. The summed E-state index contributed by atoms with van der Waals surface area (Å²) < 4.78 is 28.4. The monoisotopic (exact) mass is 506 g/mol. The van der Waals surface area contributed by atoms with Crippen LogP contribution in [0.4, 0.5) is 11.4 Å². The van der Waals surface area contributed by atoms with Crippen molar-refractivity contribution in [2.75, 3.05) is 22.7 Å². The van der Waals surface area contributed by atoms with Crippen molar-refractivity contribution in [1.29, 1.82) is 0 Å². The second-order valence-corrected chi connectivity index (χ2v) is 10.4. The van der Waals surface area contributed by atoms with Gasteiger partial charge in [0.1, 0.15) is 0 Å². The number of carbonyl (C=O) groups is 1. The maximum absolute atomic E-state index is 13.0. The summed E-state index contributed by atoms with van der Waals surface area (Å²) in [6, 6.07) is 20.3. The first kappa shape index (κ1) is 23.3. The number of carbonyl (C=O) groups excluding carboxylic acids is 1. The number of fused-ring (bicyclic) bond motifs is 1. The zero-order valence-electron chi connectivity index (χ0n) is 19.0. The average molecular weight is 507 g/mol. The van der Waals surface area contributed by atoms with E-state index in [1.54, 1.807) is 18.3 Å². The van der Waals surface area contributed by atoms with E-state index in [-0.39, 0.29) is 16.5 Å². The van der Waals surface area contributed by atoms with Crippen LogP contribution in [0.3, 0.4) is 0 Å². The molecule has 35 heavy (non-hydrogen) atoms. The Bertz CT molecular complexity index is 1550. The molecule has 0 saturated carbocycles. The molecule has 2 N–H and O–H groups in total. The van der Waals surface area contributed by atoms with Crippen molar-refractivity contribution in [3.8, 4) is 11.3 Å². The number of pyridine rings is 1. The van der Waals surface area contributed by atoms with Gasteiger partial charge in [0.25, 0.3) is 5.91 Å². The Kier molecular flexibility index (Phi) is 6.19. The normalized spacial score (nSPS) is 15.2. The molecular formula is C26H23ClN4O3S. The van der Waals surface area contributed by atoms with E-state index >= 15 is 0 Å². The maximum atomic E-state index is 13.0. The van der Waals surface area contributed by atoms with Crippen molar-refractivity contribution in [1.82, 2.24) is 9.71 Å². The fourth-order valence-corrected chi connectivity index (χ4v) is 5.80. The Morgan fingerprint density at radius 1 is 1.09 bits per heavy atom. The Morgan fingerprint density at radius 2 is 1.91 bits per heavy atom. The first-order chi connectivity index (χ1) is 16.8. The van der Waals surface area contributed by atoms with Gasteiger partial charge in [-0.05, 0) is 60.7 Å². The van der Waals surface area contributed by atoms with Crippen molar-refractivity contribution in [3.63, 3.8) is 0 Å². The lowest BCUT2D eigenvalue weighted by Crippen LogP contribution is -2.47. The van der Waals surface area contributed by atoms with Crippen LogP contribution in [0.2, 0.25) is 5.02 Å². The second-order valence-electron chi connectivity index (χ2n) is 8.35. The highest BCUT2D eigenvalue weighted by molar-refractivity contribution is 7.90. The third-order valence-corrected chi connectivity index (χ3v) is 7.88. The molecule has 1 saturated heterocycles. The number of aromatic nitrogens is 1. The maximum Gasteiger partial charge on any atom is 0.301 e. The number of halogens is 1. The Morgan fingerprint density at radius 3 is 2.71 bits per heavy atom. The largest absolute Gasteiger partial charge is 0.322 e. The van der Waals surface area contributed by atoms with Crippen LogP contribution in [0.5, 0.6) is 0 Å². The molecule has 0 atom stereocenters. The van der Waals surface area contributed by atoms with E-state index in [1.807, 2.05) is 55.5 Å². The van der Waals surface area contributed by atoms with Gasteiger partial charge in [0.15, 0.2) is 0 Å². The second kappa shape index (κ2) is 9.30. The molecule has 1 amide bonds. The molecule has 0 bridgehead atoms. The summed E-state index contributed by atoms with van der Waals surface area (Å²) in [6.07, 6.45) is 2.46. The molecule has 2 heterocycles. The van der Waals surface area contributed by atoms with Crippen molar-refractivity contribution < 1.29 is 13.2 Å². The summed E-state index contributed by atoms with van der Waals surface area (Å²) in [4.78, 5) is 17.6. The minimum atomic E-state index is -3.61. The number of hydrogen-bond acceptors (Lipinski definition) is 4. The molecule has 1 aliphatic rings. The van der Waals surface area contributed by atoms with Crippen LogP contribution in [-0.4, -0.2) is 32.4 Å². The van der Waals surface area contributed by atoms with Gasteiger partial charge in [-0.25, -0.2) is 0 Å². The summed E-state index contributed by atoms with van der Waals surface area (Å²) >= 11 is 6.41. The highest BCUT2D eigenvalue weighted by Crippen LogP contribution is 2.32. The lowest BCUT2D eigenvalue weighted by Gasteiger charge is -2.28. The van der Waals surface area contributed by atoms with Gasteiger partial charge in [0, 0.05) is 35.9 Å². The van der Waals surface area contributed by atoms with Gasteiger partial charge in [-0.3, -0.25) is 14.1 Å². The first-order valence-electron chi connectivity index (χ1n) is 11.2. The number of amides is 1. The van der Waals surface area contributed by atoms with Gasteiger partial charge >= 0.3 is 10.2 Å². The fourth-order valence-electron chi connectivity index (χ4n) is 4.22. The molecule has 178 valence electrons. The summed E-state index contributed by atoms with van der Waals surface area (Å²) in [5.74, 6) is -0.387. The van der Waals surface area contributed by atoms with Crippen molar-refractivity contribution in [3.05, 3.63) is 89.1 Å². The van der Waals surface area contributed by atoms with E-state index in [9.17, 15) is 13.2 Å². The van der Waals surface area contributed by atoms with E-state index in [2.05, 4.69) is 15.0 Å². The van der Waals surface area contributed by atoms with Crippen molar-refractivity contribution in [2.24, 2.45) is 0 Å². The number of anilines is 2. The number of rotatable bonds is 4. The summed E-state index contributed by atoms with van der Waals surface area (Å²) in [5, 5.41) is 5.19. The topological polar surface area (TPSA) is 91.4 Å². The summed E-state index contributed by atoms with van der Waals surface area (Å²) in [6.45, 7) is 2.76. The van der Waals surface area contributed by atoms with Gasteiger partial charge < -0.3 is 5.32 Å². The highest BCUT2D eigenvalue weighted by Gasteiger charge is 2.26. The van der Waals surface area contributed by atoms with Crippen LogP contribution in [-0.2, 0) is 10.2 Å². The predicted molar refractivity (Wildman–Crippen MR) is 140 cm³/mol. The first-order valence-corrected chi connectivity index (χ1v) is 13.0. The van der Waals surface area contributed by atoms with Gasteiger partial charge in [-0.1, -0.05) is 41.9 Å². The Hall–Kier alpha value is -3.46. The Labute approximate surface area is 208 Å². The van der Waals surface area contributed by atoms with E-state index in [0.29, 0.717) is 30.9 Å². The molecule has 0 spiro atoms. The van der Waals surface area contributed by atoms with Crippen LogP contribution in [0.1, 0.15) is 22.3 Å². The van der Waals surface area contributed by atoms with E-state index in [1.165, 1.54) is 10.4 Å². The molecule has 0 aliphatic carbocycles. The molecule has 7 nitrogen and oxygen atoms in total. The minimum Gasteiger partial charge on any atom is -0.322 e. The summed E-state index contributed by atoms with van der Waals surface area (Å²) in [5.41, 5.74) is 4.07. The molecule has 0 radical (unpaired) electrons. The van der Waals surface area contributed by atoms with Crippen LogP contribution < -0.4 is 14.3 Å². The number of hydrogen-bond donors (Lipinski definition) is 2. The van der Waals surface area contributed by atoms with Gasteiger partial charge in [0.05, 0.1) is 22.0 Å². The molecule has 9 heteroatoms. The molecule has 1 aliphatic heterocycles. The molecule has 0 unspecified atom stereocenters. The van der Waals surface area contributed by atoms with Crippen LogP contribution >= 0.6 is 11.6 Å². The average Bonchev–Trinajstić information content (AvgIpc) is 2.84. The predicted octanol–water partition coefficient (Wildman–Crippen LogP) is 5.16. The molecule has 3 aromatic carbocycles. The van der Waals surface area contributed by atoms with Crippen molar-refractivity contribution >= 4 is 49.9 Å². The zero-order valence-corrected chi connectivity index (χ0v) is 20.5.